The summed E-state index contributed by atoms with van der Waals surface area (Å²) in [5, 5.41) is 7.28. The molecule has 1 aliphatic carbocycles. The predicted molar refractivity (Wildman–Crippen MR) is 82.5 cm³/mol. The van der Waals surface area contributed by atoms with Gasteiger partial charge in [-0.15, -0.1) is 0 Å². The van der Waals surface area contributed by atoms with Crippen LogP contribution in [0.5, 0.6) is 0 Å². The molecule has 21 heavy (non-hydrogen) atoms. The van der Waals surface area contributed by atoms with Crippen molar-refractivity contribution in [3.05, 3.63) is 12.4 Å². The zero-order valence-electron chi connectivity index (χ0n) is 12.7. The number of nitrogens with one attached hydrogen (secondary N) is 2. The Kier molecular flexibility index (Phi) is 6.20. The minimum Gasteiger partial charge on any atom is -0.315 e. The Bertz CT molecular complexity index is 521. The Morgan fingerprint density at radius 2 is 2.10 bits per heavy atom. The van der Waals surface area contributed by atoms with E-state index in [1.54, 1.807) is 10.9 Å². The van der Waals surface area contributed by atoms with Gasteiger partial charge in [0.2, 0.25) is 10.0 Å². The third kappa shape index (κ3) is 5.09. The Morgan fingerprint density at radius 3 is 2.81 bits per heavy atom. The van der Waals surface area contributed by atoms with Crippen LogP contribution in [0, 0.1) is 5.92 Å². The number of rotatable bonds is 9. The van der Waals surface area contributed by atoms with Gasteiger partial charge >= 0.3 is 0 Å². The highest BCUT2D eigenvalue weighted by atomic mass is 32.2. The van der Waals surface area contributed by atoms with Gasteiger partial charge in [0.05, 0.1) is 12.7 Å². The van der Waals surface area contributed by atoms with E-state index < -0.39 is 10.0 Å². The van der Waals surface area contributed by atoms with E-state index in [1.807, 2.05) is 6.92 Å². The Balaban J connectivity index is 1.80. The molecule has 0 atom stereocenters. The van der Waals surface area contributed by atoms with Gasteiger partial charge in [-0.05, 0) is 18.9 Å². The van der Waals surface area contributed by atoms with Gasteiger partial charge < -0.3 is 5.32 Å². The van der Waals surface area contributed by atoms with Crippen molar-refractivity contribution in [1.29, 1.82) is 0 Å². The van der Waals surface area contributed by atoms with Crippen LogP contribution in [-0.4, -0.2) is 37.8 Å². The highest BCUT2D eigenvalue weighted by Crippen LogP contribution is 2.27. The number of nitrogens with zero attached hydrogens (tertiary/aromatic N) is 2. The molecule has 0 radical (unpaired) electrons. The fourth-order valence-corrected chi connectivity index (χ4v) is 3.76. The minimum atomic E-state index is -3.42. The molecule has 1 aliphatic rings. The van der Waals surface area contributed by atoms with E-state index in [2.05, 4.69) is 15.1 Å². The molecular weight excluding hydrogens is 288 g/mol. The van der Waals surface area contributed by atoms with E-state index in [4.69, 9.17) is 0 Å². The van der Waals surface area contributed by atoms with Crippen LogP contribution in [0.25, 0.3) is 0 Å². The first-order valence-corrected chi connectivity index (χ1v) is 9.33. The summed E-state index contributed by atoms with van der Waals surface area (Å²) in [5.74, 6) is 0.690. The summed E-state index contributed by atoms with van der Waals surface area (Å²) in [4.78, 5) is 0.255. The van der Waals surface area contributed by atoms with Crippen LogP contribution in [-0.2, 0) is 16.6 Å². The first-order chi connectivity index (χ1) is 10.1. The predicted octanol–water partition coefficient (Wildman–Crippen LogP) is 1.35. The summed E-state index contributed by atoms with van der Waals surface area (Å²) < 4.78 is 28.7. The third-order valence-corrected chi connectivity index (χ3v) is 5.42. The van der Waals surface area contributed by atoms with Gasteiger partial charge in [-0.1, -0.05) is 32.6 Å². The molecule has 1 saturated carbocycles. The molecule has 1 aromatic heterocycles. The molecule has 2 N–H and O–H groups in total. The van der Waals surface area contributed by atoms with Gasteiger partial charge in [0.1, 0.15) is 4.90 Å². The fraction of sp³-hybridized carbons (Fsp3) is 0.786. The minimum absolute atomic E-state index is 0.255. The fourth-order valence-electron chi connectivity index (χ4n) is 2.76. The molecule has 0 saturated heterocycles. The van der Waals surface area contributed by atoms with Crippen LogP contribution < -0.4 is 10.0 Å². The van der Waals surface area contributed by atoms with E-state index in [0.29, 0.717) is 19.0 Å². The Morgan fingerprint density at radius 1 is 1.33 bits per heavy atom. The Hall–Kier alpha value is -0.920. The van der Waals surface area contributed by atoms with E-state index in [9.17, 15) is 8.42 Å². The molecule has 1 heterocycles. The van der Waals surface area contributed by atoms with E-state index in [-0.39, 0.29) is 4.90 Å². The maximum Gasteiger partial charge on any atom is 0.243 e. The number of likely N-dealkylation sites (N-methyl/N-ethyl adjacent to an activating group) is 1. The summed E-state index contributed by atoms with van der Waals surface area (Å²) in [6.45, 7) is 4.91. The number of aromatic nitrogens is 2. The molecule has 0 amide bonds. The molecular formula is C14H26N4O2S. The molecule has 6 nitrogen and oxygen atoms in total. The van der Waals surface area contributed by atoms with Crippen LogP contribution in [0.15, 0.2) is 17.3 Å². The topological polar surface area (TPSA) is 76.0 Å². The average molecular weight is 314 g/mol. The zero-order valence-corrected chi connectivity index (χ0v) is 13.5. The largest absolute Gasteiger partial charge is 0.315 e. The van der Waals surface area contributed by atoms with E-state index in [1.165, 1.54) is 31.9 Å². The Labute approximate surface area is 127 Å². The van der Waals surface area contributed by atoms with Crippen LogP contribution >= 0.6 is 0 Å². The molecule has 0 unspecified atom stereocenters. The highest BCUT2D eigenvalue weighted by Gasteiger charge is 2.18. The molecule has 7 heteroatoms. The summed E-state index contributed by atoms with van der Waals surface area (Å²) in [6, 6.07) is 0. The van der Waals surface area contributed by atoms with Crippen molar-refractivity contribution in [3.63, 3.8) is 0 Å². The molecule has 1 fully saturated rings. The van der Waals surface area contributed by atoms with Gasteiger partial charge in [0.15, 0.2) is 0 Å². The van der Waals surface area contributed by atoms with Gasteiger partial charge in [0, 0.05) is 19.3 Å². The number of sulfonamides is 1. The second-order valence-electron chi connectivity index (χ2n) is 5.63. The van der Waals surface area contributed by atoms with E-state index >= 15 is 0 Å². The highest BCUT2D eigenvalue weighted by molar-refractivity contribution is 7.89. The molecule has 0 spiro atoms. The quantitative estimate of drug-likeness (QED) is 0.675. The number of hydrogen-bond donors (Lipinski definition) is 2. The zero-order chi connectivity index (χ0) is 15.1. The van der Waals surface area contributed by atoms with Gasteiger partial charge in [-0.25, -0.2) is 13.1 Å². The third-order valence-electron chi connectivity index (χ3n) is 4.01. The van der Waals surface area contributed by atoms with Crippen molar-refractivity contribution < 1.29 is 8.42 Å². The van der Waals surface area contributed by atoms with Crippen molar-refractivity contribution >= 4 is 10.0 Å². The maximum atomic E-state index is 12.2. The van der Waals surface area contributed by atoms with Crippen molar-refractivity contribution in [3.8, 4) is 0 Å². The standard InChI is InChI=1S/C14H26N4O2S/c1-2-15-9-10-18-12-14(11-16-18)21(19,20)17-8-7-13-5-3-4-6-13/h11-13,15,17H,2-10H2,1H3. The molecule has 1 aromatic rings. The second-order valence-corrected chi connectivity index (χ2v) is 7.40. The summed E-state index contributed by atoms with van der Waals surface area (Å²) in [5.41, 5.74) is 0. The number of hydrogen-bond acceptors (Lipinski definition) is 4. The van der Waals surface area contributed by atoms with Gasteiger partial charge in [-0.3, -0.25) is 4.68 Å². The lowest BCUT2D eigenvalue weighted by atomic mass is 10.1. The van der Waals surface area contributed by atoms with Crippen LogP contribution in [0.4, 0.5) is 0 Å². The SMILES string of the molecule is CCNCCn1cc(S(=O)(=O)NCCC2CCCC2)cn1. The monoisotopic (exact) mass is 314 g/mol. The molecule has 120 valence electrons. The first kappa shape index (κ1) is 16.5. The lowest BCUT2D eigenvalue weighted by Gasteiger charge is -2.09. The average Bonchev–Trinajstić information content (AvgIpc) is 3.10. The molecule has 2 rings (SSSR count). The summed E-state index contributed by atoms with van der Waals surface area (Å²) in [6.07, 6.45) is 9.01. The summed E-state index contributed by atoms with van der Waals surface area (Å²) >= 11 is 0. The van der Waals surface area contributed by atoms with Crippen LogP contribution in [0.1, 0.15) is 39.0 Å². The van der Waals surface area contributed by atoms with Crippen molar-refractivity contribution in [2.75, 3.05) is 19.6 Å². The van der Waals surface area contributed by atoms with E-state index in [0.717, 1.165) is 19.5 Å². The molecule has 0 bridgehead atoms. The van der Waals surface area contributed by atoms with Gasteiger partial charge in [-0.2, -0.15) is 5.10 Å². The van der Waals surface area contributed by atoms with Crippen LogP contribution in [0.2, 0.25) is 0 Å². The lowest BCUT2D eigenvalue weighted by molar-refractivity contribution is 0.495. The normalized spacial score (nSPS) is 16.6. The van der Waals surface area contributed by atoms with Gasteiger partial charge in [0.25, 0.3) is 0 Å². The van der Waals surface area contributed by atoms with Crippen molar-refractivity contribution in [2.45, 2.75) is 50.5 Å². The first-order valence-electron chi connectivity index (χ1n) is 7.84. The van der Waals surface area contributed by atoms with Crippen molar-refractivity contribution in [1.82, 2.24) is 19.8 Å². The van der Waals surface area contributed by atoms with Crippen LogP contribution in [0.3, 0.4) is 0 Å². The molecule has 0 aromatic carbocycles. The van der Waals surface area contributed by atoms with Crippen molar-refractivity contribution in [2.24, 2.45) is 5.92 Å². The smallest absolute Gasteiger partial charge is 0.243 e. The second kappa shape index (κ2) is 7.91. The maximum absolute atomic E-state index is 12.2. The lowest BCUT2D eigenvalue weighted by Crippen LogP contribution is -2.25. The molecule has 0 aliphatic heterocycles. The summed E-state index contributed by atoms with van der Waals surface area (Å²) in [7, 11) is -3.42.